The zero-order chi connectivity index (χ0) is 13.0. The second-order valence-corrected chi connectivity index (χ2v) is 3.58. The Bertz CT molecular complexity index is 568. The normalized spacial score (nSPS) is 11.2. The quantitative estimate of drug-likeness (QED) is 0.334. The van der Waals surface area contributed by atoms with E-state index in [0.29, 0.717) is 11.5 Å². The van der Waals surface area contributed by atoms with Crippen LogP contribution in [0.4, 0.5) is 0 Å². The molecular weight excluding hydrogens is 232 g/mol. The number of ether oxygens (including phenoxy) is 1. The minimum atomic E-state index is -0.175. The van der Waals surface area contributed by atoms with E-state index < -0.39 is 0 Å². The third kappa shape index (κ3) is 2.52. The van der Waals surface area contributed by atoms with Gasteiger partial charge in [-0.25, -0.2) is 0 Å². The van der Waals surface area contributed by atoms with Gasteiger partial charge in [0.2, 0.25) is 0 Å². The van der Waals surface area contributed by atoms with Gasteiger partial charge in [0.05, 0.1) is 5.56 Å². The molecule has 5 heteroatoms. The zero-order valence-electron chi connectivity index (χ0n) is 9.45. The first-order chi connectivity index (χ1) is 8.70. The fourth-order valence-corrected chi connectivity index (χ4v) is 1.46. The highest BCUT2D eigenvalue weighted by atomic mass is 16.5. The molecule has 0 unspecified atom stereocenters. The Kier molecular flexibility index (Phi) is 3.33. The van der Waals surface area contributed by atoms with Crippen molar-refractivity contribution in [1.29, 1.82) is 0 Å². The maximum absolute atomic E-state index is 9.58. The molecule has 2 rings (SSSR count). The Morgan fingerprint density at radius 1 is 1.06 bits per heavy atom. The number of nitrogens with zero attached hydrogens (tertiary/aromatic N) is 1. The molecule has 0 atom stereocenters. The lowest BCUT2D eigenvalue weighted by molar-refractivity contribution is 0.318. The third-order valence-corrected chi connectivity index (χ3v) is 2.33. The van der Waals surface area contributed by atoms with Gasteiger partial charge in [-0.15, -0.1) is 0 Å². The molecule has 0 aromatic heterocycles. The summed E-state index contributed by atoms with van der Waals surface area (Å²) >= 11 is 0. The van der Waals surface area contributed by atoms with Crippen LogP contribution in [0, 0.1) is 0 Å². The van der Waals surface area contributed by atoms with E-state index in [1.54, 1.807) is 18.2 Å². The van der Waals surface area contributed by atoms with Crippen molar-refractivity contribution in [2.45, 2.75) is 0 Å². The second kappa shape index (κ2) is 5.09. The fraction of sp³-hybridized carbons (Fsp3) is 0. The molecule has 0 heterocycles. The average molecular weight is 244 g/mol. The van der Waals surface area contributed by atoms with Gasteiger partial charge >= 0.3 is 0 Å². The summed E-state index contributed by atoms with van der Waals surface area (Å²) in [6, 6.07) is 13.7. The minimum absolute atomic E-state index is 0.0780. The van der Waals surface area contributed by atoms with Crippen LogP contribution in [0.1, 0.15) is 5.56 Å². The smallest absolute Gasteiger partial charge is 0.173 e. The molecule has 2 aromatic carbocycles. The molecule has 0 aliphatic rings. The molecule has 0 spiro atoms. The van der Waals surface area contributed by atoms with Crippen LogP contribution in [0.25, 0.3) is 0 Å². The van der Waals surface area contributed by atoms with Crippen molar-refractivity contribution in [3.63, 3.8) is 0 Å². The van der Waals surface area contributed by atoms with Crippen LogP contribution in [0.2, 0.25) is 0 Å². The Labute approximate surface area is 104 Å². The Morgan fingerprint density at radius 3 is 2.44 bits per heavy atom. The number of oxime groups is 1. The van der Waals surface area contributed by atoms with Gasteiger partial charge in [0.1, 0.15) is 17.2 Å². The summed E-state index contributed by atoms with van der Waals surface area (Å²) in [4.78, 5) is 0. The standard InChI is InChI=1S/C13H12N2O3/c14-13(15-17)11-8-10(6-7-12(11)16)18-9-4-2-1-3-5-9/h1-8,16-17H,(H2,14,15). The molecule has 0 saturated heterocycles. The number of amidine groups is 1. The van der Waals surface area contributed by atoms with Crippen molar-refractivity contribution in [3.05, 3.63) is 54.1 Å². The molecule has 5 nitrogen and oxygen atoms in total. The van der Waals surface area contributed by atoms with Crippen molar-refractivity contribution < 1.29 is 15.1 Å². The SMILES string of the molecule is N/C(=N\O)c1cc(Oc2ccccc2)ccc1O. The van der Waals surface area contributed by atoms with E-state index in [4.69, 9.17) is 15.7 Å². The van der Waals surface area contributed by atoms with Gasteiger partial charge < -0.3 is 20.8 Å². The highest BCUT2D eigenvalue weighted by molar-refractivity contribution is 5.99. The molecule has 0 saturated carbocycles. The van der Waals surface area contributed by atoms with Crippen LogP contribution in [0.3, 0.4) is 0 Å². The molecule has 0 bridgehead atoms. The van der Waals surface area contributed by atoms with E-state index in [9.17, 15) is 5.11 Å². The van der Waals surface area contributed by atoms with Crippen molar-refractivity contribution in [2.24, 2.45) is 10.9 Å². The molecule has 0 fully saturated rings. The van der Waals surface area contributed by atoms with Gasteiger partial charge in [0, 0.05) is 0 Å². The molecule has 0 aliphatic carbocycles. The summed E-state index contributed by atoms with van der Waals surface area (Å²) in [7, 11) is 0. The van der Waals surface area contributed by atoms with Crippen molar-refractivity contribution >= 4 is 5.84 Å². The summed E-state index contributed by atoms with van der Waals surface area (Å²) in [5.74, 6) is 0.894. The van der Waals surface area contributed by atoms with E-state index >= 15 is 0 Å². The van der Waals surface area contributed by atoms with Gasteiger partial charge in [-0.05, 0) is 30.3 Å². The molecule has 0 radical (unpaired) electrons. The molecule has 0 amide bonds. The average Bonchev–Trinajstić information content (AvgIpc) is 2.41. The summed E-state index contributed by atoms with van der Waals surface area (Å²) in [5, 5.41) is 21.0. The minimum Gasteiger partial charge on any atom is -0.507 e. The Hall–Kier alpha value is -2.69. The fourth-order valence-electron chi connectivity index (χ4n) is 1.46. The number of rotatable bonds is 3. The summed E-state index contributed by atoms with van der Waals surface area (Å²) in [6.07, 6.45) is 0. The molecule has 92 valence electrons. The number of aromatic hydroxyl groups is 1. The monoisotopic (exact) mass is 244 g/mol. The van der Waals surface area contributed by atoms with E-state index in [-0.39, 0.29) is 17.1 Å². The number of phenols is 1. The van der Waals surface area contributed by atoms with Crippen molar-refractivity contribution in [2.75, 3.05) is 0 Å². The molecule has 0 aliphatic heterocycles. The lowest BCUT2D eigenvalue weighted by Crippen LogP contribution is -2.13. The maximum Gasteiger partial charge on any atom is 0.173 e. The van der Waals surface area contributed by atoms with Gasteiger partial charge in [-0.3, -0.25) is 0 Å². The summed E-state index contributed by atoms with van der Waals surface area (Å²) < 4.78 is 5.57. The van der Waals surface area contributed by atoms with Gasteiger partial charge in [-0.2, -0.15) is 0 Å². The molecule has 18 heavy (non-hydrogen) atoms. The highest BCUT2D eigenvalue weighted by Crippen LogP contribution is 2.26. The number of phenolic OH excluding ortho intramolecular Hbond substituents is 1. The first kappa shape index (κ1) is 11.8. The topological polar surface area (TPSA) is 88.1 Å². The molecular formula is C13H12N2O3. The maximum atomic E-state index is 9.58. The number of hydrogen-bond donors (Lipinski definition) is 3. The first-order valence-electron chi connectivity index (χ1n) is 5.24. The second-order valence-electron chi connectivity index (χ2n) is 3.58. The van der Waals surface area contributed by atoms with E-state index in [0.717, 1.165) is 0 Å². The van der Waals surface area contributed by atoms with Gasteiger partial charge in [0.15, 0.2) is 5.84 Å². The molecule has 4 N–H and O–H groups in total. The number of hydrogen-bond acceptors (Lipinski definition) is 4. The van der Waals surface area contributed by atoms with Crippen LogP contribution >= 0.6 is 0 Å². The van der Waals surface area contributed by atoms with Crippen LogP contribution in [0.5, 0.6) is 17.2 Å². The third-order valence-electron chi connectivity index (χ3n) is 2.33. The van der Waals surface area contributed by atoms with E-state index in [1.807, 2.05) is 18.2 Å². The first-order valence-corrected chi connectivity index (χ1v) is 5.24. The lowest BCUT2D eigenvalue weighted by Gasteiger charge is -2.08. The number of benzene rings is 2. The largest absolute Gasteiger partial charge is 0.507 e. The number of nitrogens with two attached hydrogens (primary N) is 1. The zero-order valence-corrected chi connectivity index (χ0v) is 9.45. The van der Waals surface area contributed by atoms with Crippen LogP contribution in [-0.2, 0) is 0 Å². The molecule has 2 aromatic rings. The summed E-state index contributed by atoms with van der Waals surface area (Å²) in [6.45, 7) is 0. The summed E-state index contributed by atoms with van der Waals surface area (Å²) in [5.41, 5.74) is 5.66. The number of para-hydroxylation sites is 1. The van der Waals surface area contributed by atoms with Gasteiger partial charge in [0.25, 0.3) is 0 Å². The highest BCUT2D eigenvalue weighted by Gasteiger charge is 2.08. The predicted octanol–water partition coefficient (Wildman–Crippen LogP) is 2.28. The van der Waals surface area contributed by atoms with Crippen molar-refractivity contribution in [3.8, 4) is 17.2 Å². The van der Waals surface area contributed by atoms with Crippen LogP contribution in [0.15, 0.2) is 53.7 Å². The lowest BCUT2D eigenvalue weighted by atomic mass is 10.1. The van der Waals surface area contributed by atoms with Gasteiger partial charge in [-0.1, -0.05) is 23.4 Å². The predicted molar refractivity (Wildman–Crippen MR) is 67.1 cm³/mol. The van der Waals surface area contributed by atoms with E-state index in [2.05, 4.69) is 5.16 Å². The Balaban J connectivity index is 2.30. The Morgan fingerprint density at radius 2 is 1.78 bits per heavy atom. The van der Waals surface area contributed by atoms with Crippen LogP contribution in [-0.4, -0.2) is 16.1 Å². The van der Waals surface area contributed by atoms with E-state index in [1.165, 1.54) is 12.1 Å². The van der Waals surface area contributed by atoms with Crippen LogP contribution < -0.4 is 10.5 Å². The van der Waals surface area contributed by atoms with Crippen molar-refractivity contribution in [1.82, 2.24) is 0 Å².